The fraction of sp³-hybridized carbons (Fsp3) is 0.0500. The van der Waals surface area contributed by atoms with Gasteiger partial charge in [-0.3, -0.25) is 4.79 Å². The zero-order valence-electron chi connectivity index (χ0n) is 12.7. The molecule has 0 saturated carbocycles. The maximum atomic E-state index is 12.3. The summed E-state index contributed by atoms with van der Waals surface area (Å²) in [5, 5.41) is 5.06. The lowest BCUT2D eigenvalue weighted by molar-refractivity contribution is 0.102. The van der Waals surface area contributed by atoms with Crippen LogP contribution < -0.4 is 5.32 Å². The minimum absolute atomic E-state index is 0.121. The van der Waals surface area contributed by atoms with Gasteiger partial charge in [-0.1, -0.05) is 35.9 Å². The van der Waals surface area contributed by atoms with Crippen molar-refractivity contribution in [3.05, 3.63) is 77.9 Å². The number of fused-ring (bicyclic) bond motifs is 3. The molecule has 0 unspecified atom stereocenters. The van der Waals surface area contributed by atoms with Crippen molar-refractivity contribution >= 4 is 33.5 Å². The largest absolute Gasteiger partial charge is 0.456 e. The van der Waals surface area contributed by atoms with Crippen molar-refractivity contribution in [2.75, 3.05) is 5.32 Å². The third kappa shape index (κ3) is 2.46. The number of benzene rings is 3. The molecule has 0 aliphatic carbocycles. The van der Waals surface area contributed by atoms with Crippen LogP contribution >= 0.6 is 0 Å². The van der Waals surface area contributed by atoms with Gasteiger partial charge < -0.3 is 9.73 Å². The van der Waals surface area contributed by atoms with Crippen LogP contribution in [0, 0.1) is 6.92 Å². The van der Waals surface area contributed by atoms with Gasteiger partial charge >= 0.3 is 0 Å². The number of amides is 1. The smallest absolute Gasteiger partial charge is 0.255 e. The summed E-state index contributed by atoms with van der Waals surface area (Å²) < 4.78 is 5.85. The molecule has 1 heterocycles. The quantitative estimate of drug-likeness (QED) is 0.556. The highest BCUT2D eigenvalue weighted by molar-refractivity contribution is 6.08. The van der Waals surface area contributed by atoms with E-state index in [1.165, 1.54) is 0 Å². The molecular weight excluding hydrogens is 286 g/mol. The van der Waals surface area contributed by atoms with E-state index in [-0.39, 0.29) is 5.91 Å². The molecule has 4 rings (SSSR count). The number of furan rings is 1. The first-order valence-electron chi connectivity index (χ1n) is 7.50. The number of rotatable bonds is 2. The SMILES string of the molecule is Cc1cccc(C(=O)Nc2ccc3c(c2)oc2ccccc23)c1. The standard InChI is InChI=1S/C20H15NO2/c1-13-5-4-6-14(11-13)20(22)21-15-9-10-17-16-7-2-3-8-18(16)23-19(17)12-15/h2-12H,1H3,(H,21,22). The lowest BCUT2D eigenvalue weighted by atomic mass is 10.1. The zero-order chi connectivity index (χ0) is 15.8. The highest BCUT2D eigenvalue weighted by Crippen LogP contribution is 2.30. The summed E-state index contributed by atoms with van der Waals surface area (Å²) in [6.45, 7) is 1.97. The molecule has 3 aromatic carbocycles. The second kappa shape index (κ2) is 5.29. The van der Waals surface area contributed by atoms with Crippen LogP contribution in [0.5, 0.6) is 0 Å². The van der Waals surface area contributed by atoms with Crippen molar-refractivity contribution in [1.29, 1.82) is 0 Å². The predicted molar refractivity (Wildman–Crippen MR) is 92.9 cm³/mol. The van der Waals surface area contributed by atoms with Crippen LogP contribution in [0.2, 0.25) is 0 Å². The van der Waals surface area contributed by atoms with Gasteiger partial charge in [0.05, 0.1) is 0 Å². The summed E-state index contributed by atoms with van der Waals surface area (Å²) in [6.07, 6.45) is 0. The molecule has 0 aliphatic heterocycles. The van der Waals surface area contributed by atoms with E-state index in [2.05, 4.69) is 5.32 Å². The number of anilines is 1. The molecule has 0 atom stereocenters. The van der Waals surface area contributed by atoms with Crippen LogP contribution in [0.25, 0.3) is 21.9 Å². The zero-order valence-corrected chi connectivity index (χ0v) is 12.7. The van der Waals surface area contributed by atoms with Crippen molar-refractivity contribution < 1.29 is 9.21 Å². The molecule has 112 valence electrons. The molecule has 0 spiro atoms. The number of para-hydroxylation sites is 1. The molecule has 3 nitrogen and oxygen atoms in total. The second-order valence-electron chi connectivity index (χ2n) is 5.63. The number of nitrogens with one attached hydrogen (secondary N) is 1. The molecule has 1 amide bonds. The molecule has 0 radical (unpaired) electrons. The van der Waals surface area contributed by atoms with Gasteiger partial charge in [0.15, 0.2) is 0 Å². The molecule has 4 aromatic rings. The van der Waals surface area contributed by atoms with Gasteiger partial charge in [0.2, 0.25) is 0 Å². The van der Waals surface area contributed by atoms with Crippen LogP contribution in [0.3, 0.4) is 0 Å². The second-order valence-corrected chi connectivity index (χ2v) is 5.63. The lowest BCUT2D eigenvalue weighted by Crippen LogP contribution is -2.11. The number of hydrogen-bond donors (Lipinski definition) is 1. The predicted octanol–water partition coefficient (Wildman–Crippen LogP) is 5.15. The Bertz CT molecular complexity index is 1030. The normalized spacial score (nSPS) is 11.0. The molecule has 3 heteroatoms. The van der Waals surface area contributed by atoms with Crippen LogP contribution in [0.4, 0.5) is 5.69 Å². The van der Waals surface area contributed by atoms with Crippen molar-refractivity contribution in [3.63, 3.8) is 0 Å². The van der Waals surface area contributed by atoms with Gasteiger partial charge in [0.25, 0.3) is 5.91 Å². The molecule has 0 aliphatic rings. The van der Waals surface area contributed by atoms with Crippen molar-refractivity contribution in [2.24, 2.45) is 0 Å². The van der Waals surface area contributed by atoms with E-state index >= 15 is 0 Å². The number of carbonyl (C=O) groups is 1. The van der Waals surface area contributed by atoms with Crippen LogP contribution in [-0.4, -0.2) is 5.91 Å². The van der Waals surface area contributed by atoms with Gasteiger partial charge in [-0.25, -0.2) is 0 Å². The molecule has 23 heavy (non-hydrogen) atoms. The van der Waals surface area contributed by atoms with Gasteiger partial charge in [-0.05, 0) is 37.3 Å². The van der Waals surface area contributed by atoms with Gasteiger partial charge in [0, 0.05) is 28.1 Å². The number of hydrogen-bond acceptors (Lipinski definition) is 2. The fourth-order valence-corrected chi connectivity index (χ4v) is 2.79. The highest BCUT2D eigenvalue weighted by atomic mass is 16.3. The number of carbonyl (C=O) groups excluding carboxylic acids is 1. The molecule has 0 fully saturated rings. The van der Waals surface area contributed by atoms with Crippen molar-refractivity contribution in [1.82, 2.24) is 0 Å². The molecule has 0 bridgehead atoms. The van der Waals surface area contributed by atoms with E-state index < -0.39 is 0 Å². The summed E-state index contributed by atoms with van der Waals surface area (Å²) >= 11 is 0. The number of aryl methyl sites for hydroxylation is 1. The first-order chi connectivity index (χ1) is 11.2. The monoisotopic (exact) mass is 301 g/mol. The molecule has 1 N–H and O–H groups in total. The van der Waals surface area contributed by atoms with Crippen LogP contribution in [0.15, 0.2) is 71.1 Å². The van der Waals surface area contributed by atoms with Gasteiger partial charge in [0.1, 0.15) is 11.2 Å². The van der Waals surface area contributed by atoms with E-state index in [1.807, 2.05) is 73.7 Å². The average Bonchev–Trinajstić information content (AvgIpc) is 2.92. The Hall–Kier alpha value is -3.07. The minimum atomic E-state index is -0.121. The summed E-state index contributed by atoms with van der Waals surface area (Å²) in [4.78, 5) is 12.3. The minimum Gasteiger partial charge on any atom is -0.456 e. The highest BCUT2D eigenvalue weighted by Gasteiger charge is 2.09. The van der Waals surface area contributed by atoms with Crippen LogP contribution in [-0.2, 0) is 0 Å². The fourth-order valence-electron chi connectivity index (χ4n) is 2.79. The summed E-state index contributed by atoms with van der Waals surface area (Å²) in [5.41, 5.74) is 4.06. The first-order valence-corrected chi connectivity index (χ1v) is 7.50. The van der Waals surface area contributed by atoms with Gasteiger partial charge in [-0.2, -0.15) is 0 Å². The third-order valence-corrected chi connectivity index (χ3v) is 3.92. The van der Waals surface area contributed by atoms with Crippen LogP contribution in [0.1, 0.15) is 15.9 Å². The van der Waals surface area contributed by atoms with Gasteiger partial charge in [-0.15, -0.1) is 0 Å². The van der Waals surface area contributed by atoms with E-state index in [9.17, 15) is 4.79 Å². The Kier molecular flexibility index (Phi) is 3.12. The maximum absolute atomic E-state index is 12.3. The topological polar surface area (TPSA) is 42.2 Å². The summed E-state index contributed by atoms with van der Waals surface area (Å²) in [7, 11) is 0. The summed E-state index contributed by atoms with van der Waals surface area (Å²) in [5.74, 6) is -0.121. The first kappa shape index (κ1) is 13.6. The molecule has 0 saturated heterocycles. The maximum Gasteiger partial charge on any atom is 0.255 e. The Balaban J connectivity index is 1.69. The Labute approximate surface area is 133 Å². The Morgan fingerprint density at radius 1 is 0.870 bits per heavy atom. The molecular formula is C20H15NO2. The third-order valence-electron chi connectivity index (χ3n) is 3.92. The Morgan fingerprint density at radius 2 is 1.70 bits per heavy atom. The Morgan fingerprint density at radius 3 is 2.57 bits per heavy atom. The summed E-state index contributed by atoms with van der Waals surface area (Å²) in [6, 6.07) is 21.2. The van der Waals surface area contributed by atoms with E-state index in [4.69, 9.17) is 4.42 Å². The molecule has 1 aromatic heterocycles. The van der Waals surface area contributed by atoms with E-state index in [1.54, 1.807) is 0 Å². The lowest BCUT2D eigenvalue weighted by Gasteiger charge is -2.05. The van der Waals surface area contributed by atoms with Crippen molar-refractivity contribution in [3.8, 4) is 0 Å². The van der Waals surface area contributed by atoms with Crippen molar-refractivity contribution in [2.45, 2.75) is 6.92 Å². The van der Waals surface area contributed by atoms with E-state index in [0.717, 1.165) is 33.2 Å². The average molecular weight is 301 g/mol. The van der Waals surface area contributed by atoms with E-state index in [0.29, 0.717) is 5.56 Å².